The number of amidine groups is 1. The first-order valence-electron chi connectivity index (χ1n) is 10.6. The van der Waals surface area contributed by atoms with Crippen LogP contribution >= 0.6 is 15.9 Å². The van der Waals surface area contributed by atoms with Gasteiger partial charge in [-0.3, -0.25) is 4.99 Å². The number of nitrogens with zero attached hydrogens (tertiary/aromatic N) is 3. The van der Waals surface area contributed by atoms with Crippen LogP contribution in [0.4, 0.5) is 0 Å². The largest absolute Gasteiger partial charge is 0.382 e. The lowest BCUT2D eigenvalue weighted by molar-refractivity contribution is 0.0426. The Morgan fingerprint density at radius 2 is 1.81 bits per heavy atom. The van der Waals surface area contributed by atoms with Crippen molar-refractivity contribution in [1.82, 2.24) is 0 Å². The van der Waals surface area contributed by atoms with Crippen LogP contribution in [0.3, 0.4) is 0 Å². The highest BCUT2D eigenvalue weighted by Crippen LogP contribution is 2.47. The zero-order chi connectivity index (χ0) is 22.2. The fraction of sp³-hybridized carbons (Fsp3) is 0.400. The van der Waals surface area contributed by atoms with Gasteiger partial charge < -0.3 is 10.5 Å². The minimum atomic E-state index is -0.697. The number of nitrogens with two attached hydrogens (primary N) is 1. The third kappa shape index (κ3) is 4.05. The highest BCUT2D eigenvalue weighted by molar-refractivity contribution is 9.10. The Labute approximate surface area is 192 Å². The van der Waals surface area contributed by atoms with Gasteiger partial charge in [-0.1, -0.05) is 28.1 Å². The first-order chi connectivity index (χ1) is 14.9. The molecule has 0 saturated heterocycles. The Balaban J connectivity index is 1.83. The van der Waals surface area contributed by atoms with Crippen molar-refractivity contribution in [2.75, 3.05) is 7.11 Å². The average Bonchev–Trinajstić information content (AvgIpc) is 3.08. The molecule has 2 aromatic carbocycles. The number of aliphatic imine (C=N–C) groups is 2. The summed E-state index contributed by atoms with van der Waals surface area (Å²) in [6.45, 7) is 4.05. The fourth-order valence-electron chi connectivity index (χ4n) is 4.85. The zero-order valence-corrected chi connectivity index (χ0v) is 19.7. The number of hydrogen-bond donors (Lipinski definition) is 1. The molecule has 5 nitrogen and oxygen atoms in total. The molecule has 1 fully saturated rings. The second-order valence-corrected chi connectivity index (χ2v) is 9.42. The van der Waals surface area contributed by atoms with Crippen LogP contribution < -0.4 is 5.73 Å². The maximum absolute atomic E-state index is 9.39. The summed E-state index contributed by atoms with van der Waals surface area (Å²) >= 11 is 3.53. The molecule has 1 saturated carbocycles. The second kappa shape index (κ2) is 8.57. The van der Waals surface area contributed by atoms with E-state index in [0.29, 0.717) is 17.5 Å². The van der Waals surface area contributed by atoms with Crippen LogP contribution in [0.25, 0.3) is 11.1 Å². The predicted octanol–water partition coefficient (Wildman–Crippen LogP) is 5.49. The summed E-state index contributed by atoms with van der Waals surface area (Å²) in [4.78, 5) is 10.1. The summed E-state index contributed by atoms with van der Waals surface area (Å²) in [5.41, 5.74) is 11.2. The molecule has 160 valence electrons. The minimum absolute atomic E-state index is 0.265. The Kier molecular flexibility index (Phi) is 6.00. The number of rotatable bonds is 4. The van der Waals surface area contributed by atoms with Gasteiger partial charge in [-0.25, -0.2) is 4.99 Å². The van der Waals surface area contributed by atoms with Crippen molar-refractivity contribution in [3.8, 4) is 17.2 Å². The van der Waals surface area contributed by atoms with E-state index in [9.17, 15) is 5.26 Å². The van der Waals surface area contributed by atoms with E-state index < -0.39 is 5.66 Å². The van der Waals surface area contributed by atoms with Crippen LogP contribution in [0.5, 0.6) is 0 Å². The van der Waals surface area contributed by atoms with Crippen molar-refractivity contribution < 1.29 is 4.74 Å². The van der Waals surface area contributed by atoms with Gasteiger partial charge in [0.05, 0.1) is 23.4 Å². The molecule has 2 N–H and O–H groups in total. The predicted molar refractivity (Wildman–Crippen MR) is 128 cm³/mol. The number of aryl methyl sites for hydroxylation is 1. The smallest absolute Gasteiger partial charge is 0.181 e. The van der Waals surface area contributed by atoms with E-state index in [2.05, 4.69) is 47.1 Å². The van der Waals surface area contributed by atoms with Crippen molar-refractivity contribution in [3.63, 3.8) is 0 Å². The molecule has 1 aliphatic carbocycles. The number of halogens is 1. The highest BCUT2D eigenvalue weighted by Gasteiger charge is 2.46. The first-order valence-corrected chi connectivity index (χ1v) is 11.4. The van der Waals surface area contributed by atoms with Gasteiger partial charge in [-0.15, -0.1) is 0 Å². The molecule has 2 aromatic rings. The summed E-state index contributed by atoms with van der Waals surface area (Å²) in [5.74, 6) is 0.786. The molecule has 1 heterocycles. The highest BCUT2D eigenvalue weighted by atomic mass is 79.9. The standard InChI is InChI=1S/C25H27BrN4O/c1-15-4-5-18(19-10-17(14-27)11-21(26)12-19)13-23(15)25(29-16(2)24(28)30-25)20-6-8-22(31-3)9-7-20/h4-5,10-13,20,22H,6-9H2,1-3H3,(H2,28,30). The van der Waals surface area contributed by atoms with Crippen LogP contribution in [0.1, 0.15) is 49.3 Å². The number of nitriles is 1. The quantitative estimate of drug-likeness (QED) is 0.630. The molecule has 6 heteroatoms. The van der Waals surface area contributed by atoms with Crippen molar-refractivity contribution in [2.24, 2.45) is 21.6 Å². The third-order valence-corrected chi connectivity index (χ3v) is 7.03. The van der Waals surface area contributed by atoms with E-state index in [4.69, 9.17) is 20.5 Å². The van der Waals surface area contributed by atoms with E-state index in [1.807, 2.05) is 25.1 Å². The summed E-state index contributed by atoms with van der Waals surface area (Å²) in [5, 5.41) is 9.39. The lowest BCUT2D eigenvalue weighted by atomic mass is 9.74. The van der Waals surface area contributed by atoms with Gasteiger partial charge in [0.25, 0.3) is 0 Å². The van der Waals surface area contributed by atoms with Crippen molar-refractivity contribution in [2.45, 2.75) is 51.3 Å². The fourth-order valence-corrected chi connectivity index (χ4v) is 5.34. The van der Waals surface area contributed by atoms with E-state index >= 15 is 0 Å². The Hall–Kier alpha value is -2.49. The topological polar surface area (TPSA) is 83.8 Å². The molecule has 0 bridgehead atoms. The summed E-state index contributed by atoms with van der Waals surface area (Å²) in [7, 11) is 1.79. The van der Waals surface area contributed by atoms with Gasteiger partial charge in [0, 0.05) is 23.1 Å². The molecule has 31 heavy (non-hydrogen) atoms. The van der Waals surface area contributed by atoms with E-state index in [0.717, 1.165) is 58.1 Å². The number of benzene rings is 2. The van der Waals surface area contributed by atoms with Gasteiger partial charge in [-0.05, 0) is 80.5 Å². The van der Waals surface area contributed by atoms with Crippen LogP contribution in [0, 0.1) is 24.2 Å². The average molecular weight is 479 g/mol. The van der Waals surface area contributed by atoms with E-state index in [1.54, 1.807) is 7.11 Å². The Morgan fingerprint density at radius 3 is 2.42 bits per heavy atom. The third-order valence-electron chi connectivity index (χ3n) is 6.57. The van der Waals surface area contributed by atoms with Crippen LogP contribution in [0.2, 0.25) is 0 Å². The number of ether oxygens (including phenoxy) is 1. The molecule has 0 radical (unpaired) electrons. The van der Waals surface area contributed by atoms with Crippen LogP contribution in [-0.2, 0) is 10.4 Å². The monoisotopic (exact) mass is 478 g/mol. The summed E-state index contributed by atoms with van der Waals surface area (Å²) in [6, 6.07) is 14.4. The number of hydrogen-bond acceptors (Lipinski definition) is 5. The molecule has 0 spiro atoms. The van der Waals surface area contributed by atoms with Crippen LogP contribution in [0.15, 0.2) is 50.9 Å². The maximum Gasteiger partial charge on any atom is 0.181 e. The van der Waals surface area contributed by atoms with Gasteiger partial charge in [0.15, 0.2) is 5.66 Å². The number of methoxy groups -OCH3 is 1. The van der Waals surface area contributed by atoms with Gasteiger partial charge in [-0.2, -0.15) is 5.26 Å². The Bertz CT molecular complexity index is 1090. The summed E-state index contributed by atoms with van der Waals surface area (Å²) < 4.78 is 6.47. The van der Waals surface area contributed by atoms with Gasteiger partial charge in [0.1, 0.15) is 5.84 Å². The maximum atomic E-state index is 9.39. The van der Waals surface area contributed by atoms with Crippen molar-refractivity contribution in [3.05, 3.63) is 57.6 Å². The molecule has 2 aliphatic rings. The van der Waals surface area contributed by atoms with Crippen molar-refractivity contribution in [1.29, 1.82) is 5.26 Å². The normalized spacial score (nSPS) is 25.6. The SMILES string of the molecule is COC1CCC(C2(c3cc(-c4cc(Br)cc(C#N)c4)ccc3C)N=C(C)C(N)=N2)CC1. The lowest BCUT2D eigenvalue weighted by Crippen LogP contribution is -2.36. The molecule has 1 aliphatic heterocycles. The molecule has 1 unspecified atom stereocenters. The zero-order valence-electron chi connectivity index (χ0n) is 18.2. The Morgan fingerprint density at radius 1 is 1.06 bits per heavy atom. The second-order valence-electron chi connectivity index (χ2n) is 8.50. The van der Waals surface area contributed by atoms with E-state index in [-0.39, 0.29) is 5.92 Å². The molecule has 0 amide bonds. The molecular weight excluding hydrogens is 452 g/mol. The van der Waals surface area contributed by atoms with Gasteiger partial charge in [0.2, 0.25) is 0 Å². The lowest BCUT2D eigenvalue weighted by Gasteiger charge is -2.38. The summed E-state index contributed by atoms with van der Waals surface area (Å²) in [6.07, 6.45) is 4.29. The minimum Gasteiger partial charge on any atom is -0.382 e. The molecule has 1 atom stereocenters. The van der Waals surface area contributed by atoms with Crippen molar-refractivity contribution >= 4 is 27.5 Å². The molecular formula is C25H27BrN4O. The molecule has 4 rings (SSSR count). The van der Waals surface area contributed by atoms with Gasteiger partial charge >= 0.3 is 0 Å². The van der Waals surface area contributed by atoms with E-state index in [1.165, 1.54) is 0 Å². The van der Waals surface area contributed by atoms with Crippen LogP contribution in [-0.4, -0.2) is 24.8 Å². The first kappa shape index (κ1) is 21.7. The molecule has 0 aromatic heterocycles.